The van der Waals surface area contributed by atoms with E-state index in [1.165, 1.54) is 31.4 Å². The van der Waals surface area contributed by atoms with Crippen LogP contribution in [0.3, 0.4) is 0 Å². The minimum Gasteiger partial charge on any atom is -0.469 e. The zero-order valence-corrected chi connectivity index (χ0v) is 11.9. The summed E-state index contributed by atoms with van der Waals surface area (Å²) in [5.74, 6) is -0.639. The Bertz CT molecular complexity index is 468. The topological polar surface area (TPSA) is 104 Å². The normalized spacial score (nSPS) is 13.5. The number of hydrogen-bond donors (Lipinski definition) is 3. The summed E-state index contributed by atoms with van der Waals surface area (Å²) in [5.41, 5.74) is 0.881. The average molecular weight is 296 g/mol. The van der Waals surface area contributed by atoms with Crippen LogP contribution in [0.2, 0.25) is 0 Å². The largest absolute Gasteiger partial charge is 0.469 e. The summed E-state index contributed by atoms with van der Waals surface area (Å²) in [4.78, 5) is 22.8. The SMILES string of the molecule is COC(=O)CCC(=O)c1ccc(C(O)C(O)CCO)cc1. The molecular weight excluding hydrogens is 276 g/mol. The van der Waals surface area contributed by atoms with Gasteiger partial charge >= 0.3 is 5.97 Å². The number of carbonyl (C=O) groups is 2. The third-order valence-electron chi connectivity index (χ3n) is 3.15. The lowest BCUT2D eigenvalue weighted by atomic mass is 9.99. The number of hydrogen-bond acceptors (Lipinski definition) is 6. The van der Waals surface area contributed by atoms with Crippen molar-refractivity contribution in [1.82, 2.24) is 0 Å². The first-order chi connectivity index (χ1) is 9.99. The summed E-state index contributed by atoms with van der Waals surface area (Å²) in [5, 5.41) is 28.2. The molecule has 0 fully saturated rings. The molecule has 2 unspecified atom stereocenters. The number of ether oxygens (including phenoxy) is 1. The number of aliphatic hydroxyl groups is 3. The molecule has 6 heteroatoms. The number of carbonyl (C=O) groups excluding carboxylic acids is 2. The van der Waals surface area contributed by atoms with Crippen LogP contribution < -0.4 is 0 Å². The van der Waals surface area contributed by atoms with Crippen LogP contribution >= 0.6 is 0 Å². The average Bonchev–Trinajstić information content (AvgIpc) is 2.51. The van der Waals surface area contributed by atoms with E-state index in [2.05, 4.69) is 4.74 Å². The molecule has 1 rings (SSSR count). The van der Waals surface area contributed by atoms with E-state index in [4.69, 9.17) is 5.11 Å². The van der Waals surface area contributed by atoms with Crippen LogP contribution in [0.15, 0.2) is 24.3 Å². The highest BCUT2D eigenvalue weighted by atomic mass is 16.5. The van der Waals surface area contributed by atoms with E-state index >= 15 is 0 Å². The fraction of sp³-hybridized carbons (Fsp3) is 0.467. The van der Waals surface area contributed by atoms with Crippen LogP contribution in [0.5, 0.6) is 0 Å². The maximum atomic E-state index is 11.8. The number of rotatable bonds is 8. The molecule has 0 saturated carbocycles. The molecule has 0 saturated heterocycles. The maximum absolute atomic E-state index is 11.8. The first-order valence-corrected chi connectivity index (χ1v) is 6.66. The Morgan fingerprint density at radius 3 is 2.29 bits per heavy atom. The molecule has 0 heterocycles. The Labute approximate surface area is 123 Å². The van der Waals surface area contributed by atoms with Crippen molar-refractivity contribution in [3.8, 4) is 0 Å². The molecule has 0 aromatic heterocycles. The summed E-state index contributed by atoms with van der Waals surface area (Å²) in [7, 11) is 1.26. The molecule has 0 amide bonds. The van der Waals surface area contributed by atoms with E-state index in [1.54, 1.807) is 0 Å². The molecular formula is C15H20O6. The Balaban J connectivity index is 2.65. The third kappa shape index (κ3) is 5.26. The van der Waals surface area contributed by atoms with Crippen LogP contribution in [-0.4, -0.2) is 46.9 Å². The lowest BCUT2D eigenvalue weighted by Crippen LogP contribution is -2.19. The van der Waals surface area contributed by atoms with Gasteiger partial charge in [0.25, 0.3) is 0 Å². The molecule has 1 aromatic carbocycles. The van der Waals surface area contributed by atoms with Gasteiger partial charge in [-0.1, -0.05) is 24.3 Å². The molecule has 0 bridgehead atoms. The van der Waals surface area contributed by atoms with E-state index < -0.39 is 18.2 Å². The van der Waals surface area contributed by atoms with Gasteiger partial charge in [-0.15, -0.1) is 0 Å². The number of methoxy groups -OCH3 is 1. The monoisotopic (exact) mass is 296 g/mol. The van der Waals surface area contributed by atoms with Crippen LogP contribution in [-0.2, 0) is 9.53 Å². The fourth-order valence-corrected chi connectivity index (χ4v) is 1.84. The predicted molar refractivity (Wildman–Crippen MR) is 74.7 cm³/mol. The van der Waals surface area contributed by atoms with Gasteiger partial charge in [-0.25, -0.2) is 0 Å². The summed E-state index contributed by atoms with van der Waals surface area (Å²) in [6.07, 6.45) is -2.02. The molecule has 0 spiro atoms. The first kappa shape index (κ1) is 17.3. The molecule has 0 aliphatic carbocycles. The summed E-state index contributed by atoms with van der Waals surface area (Å²) in [6.45, 7) is -0.220. The maximum Gasteiger partial charge on any atom is 0.305 e. The summed E-state index contributed by atoms with van der Waals surface area (Å²) < 4.78 is 4.46. The number of esters is 1. The molecule has 1 aromatic rings. The minimum atomic E-state index is -1.11. The lowest BCUT2D eigenvalue weighted by molar-refractivity contribution is -0.140. The Morgan fingerprint density at radius 2 is 1.76 bits per heavy atom. The second kappa shape index (κ2) is 8.51. The van der Waals surface area contributed by atoms with Gasteiger partial charge in [0.1, 0.15) is 6.10 Å². The minimum absolute atomic E-state index is 0.0227. The highest BCUT2D eigenvalue weighted by Crippen LogP contribution is 2.20. The number of aliphatic hydroxyl groups excluding tert-OH is 3. The van der Waals surface area contributed by atoms with Gasteiger partial charge in [-0.05, 0) is 12.0 Å². The van der Waals surface area contributed by atoms with Crippen molar-refractivity contribution in [2.45, 2.75) is 31.5 Å². The molecule has 2 atom stereocenters. The van der Waals surface area contributed by atoms with Crippen molar-refractivity contribution in [1.29, 1.82) is 0 Å². The fourth-order valence-electron chi connectivity index (χ4n) is 1.84. The van der Waals surface area contributed by atoms with Crippen LogP contribution in [0.25, 0.3) is 0 Å². The molecule has 116 valence electrons. The van der Waals surface area contributed by atoms with E-state index in [1.807, 2.05) is 0 Å². The molecule has 21 heavy (non-hydrogen) atoms. The van der Waals surface area contributed by atoms with Crippen molar-refractivity contribution >= 4 is 11.8 Å². The smallest absolute Gasteiger partial charge is 0.305 e. The van der Waals surface area contributed by atoms with Gasteiger partial charge in [0.15, 0.2) is 5.78 Å². The van der Waals surface area contributed by atoms with E-state index in [0.29, 0.717) is 11.1 Å². The zero-order valence-electron chi connectivity index (χ0n) is 11.9. The van der Waals surface area contributed by atoms with Crippen LogP contribution in [0.4, 0.5) is 0 Å². The van der Waals surface area contributed by atoms with Crippen LogP contribution in [0.1, 0.15) is 41.3 Å². The zero-order chi connectivity index (χ0) is 15.8. The quantitative estimate of drug-likeness (QED) is 0.479. The Kier molecular flexibility index (Phi) is 7.01. The highest BCUT2D eigenvalue weighted by Gasteiger charge is 2.18. The molecule has 0 aliphatic rings. The number of Topliss-reactive ketones (excluding diaryl/α,β-unsaturated/α-hetero) is 1. The lowest BCUT2D eigenvalue weighted by Gasteiger charge is -2.17. The van der Waals surface area contributed by atoms with Gasteiger partial charge in [0, 0.05) is 18.6 Å². The van der Waals surface area contributed by atoms with E-state index in [-0.39, 0.29) is 31.7 Å². The molecule has 6 nitrogen and oxygen atoms in total. The van der Waals surface area contributed by atoms with Crippen molar-refractivity contribution in [3.05, 3.63) is 35.4 Å². The highest BCUT2D eigenvalue weighted by molar-refractivity contribution is 5.97. The molecule has 0 aliphatic heterocycles. The molecule has 3 N–H and O–H groups in total. The predicted octanol–water partition coefficient (Wildman–Crippen LogP) is 0.599. The van der Waals surface area contributed by atoms with E-state index in [9.17, 15) is 19.8 Å². The van der Waals surface area contributed by atoms with Crippen LogP contribution in [0, 0.1) is 0 Å². The first-order valence-electron chi connectivity index (χ1n) is 6.66. The summed E-state index contributed by atoms with van der Waals surface area (Å²) in [6, 6.07) is 6.14. The number of ketones is 1. The standard InChI is InChI=1S/C15H20O6/c1-21-14(19)7-6-12(17)10-2-4-11(5-3-10)15(20)13(18)8-9-16/h2-5,13,15-16,18,20H,6-9H2,1H3. The van der Waals surface area contributed by atoms with Gasteiger partial charge in [-0.3, -0.25) is 9.59 Å². The number of benzene rings is 1. The van der Waals surface area contributed by atoms with Gasteiger partial charge in [0.2, 0.25) is 0 Å². The van der Waals surface area contributed by atoms with Gasteiger partial charge in [-0.2, -0.15) is 0 Å². The second-order valence-corrected chi connectivity index (χ2v) is 4.65. The van der Waals surface area contributed by atoms with Crippen molar-refractivity contribution in [2.24, 2.45) is 0 Å². The van der Waals surface area contributed by atoms with Crippen molar-refractivity contribution in [3.63, 3.8) is 0 Å². The van der Waals surface area contributed by atoms with Crippen molar-refractivity contribution < 1.29 is 29.6 Å². The third-order valence-corrected chi connectivity index (χ3v) is 3.15. The summed E-state index contributed by atoms with van der Waals surface area (Å²) >= 11 is 0. The second-order valence-electron chi connectivity index (χ2n) is 4.65. The Hall–Kier alpha value is -1.76. The molecule has 0 radical (unpaired) electrons. The van der Waals surface area contributed by atoms with Gasteiger partial charge in [0.05, 0.1) is 19.6 Å². The van der Waals surface area contributed by atoms with Crippen molar-refractivity contribution in [2.75, 3.05) is 13.7 Å². The van der Waals surface area contributed by atoms with E-state index in [0.717, 1.165) is 0 Å². The Morgan fingerprint density at radius 1 is 1.14 bits per heavy atom. The van der Waals surface area contributed by atoms with Gasteiger partial charge < -0.3 is 20.1 Å².